The van der Waals surface area contributed by atoms with Gasteiger partial charge in [0, 0.05) is 19.4 Å². The average Bonchev–Trinajstić information content (AvgIpc) is 2.99. The molecule has 0 amide bonds. The number of hydrogen-bond acceptors (Lipinski definition) is 4. The van der Waals surface area contributed by atoms with E-state index in [1.165, 1.54) is 62.6 Å². The first-order valence-electron chi connectivity index (χ1n) is 12.6. The van der Waals surface area contributed by atoms with Crippen molar-refractivity contribution in [3.63, 3.8) is 0 Å². The first-order valence-corrected chi connectivity index (χ1v) is 12.6. The molecule has 0 aromatic heterocycles. The largest absolute Gasteiger partial charge is 0.463 e. The SMILES string of the molecule is CC(=O)Oc1cc(C)cc2c1C1(C)CCC3C(CCC4CC(OC(C)=O)CCC43C)C1C2. The summed E-state index contributed by atoms with van der Waals surface area (Å²) in [6.45, 7) is 10.1. The van der Waals surface area contributed by atoms with E-state index in [1.54, 1.807) is 0 Å². The molecule has 4 nitrogen and oxygen atoms in total. The van der Waals surface area contributed by atoms with Crippen LogP contribution in [-0.4, -0.2) is 18.0 Å². The summed E-state index contributed by atoms with van der Waals surface area (Å²) in [4.78, 5) is 23.4. The van der Waals surface area contributed by atoms with Crippen LogP contribution in [0.15, 0.2) is 12.1 Å². The third-order valence-corrected chi connectivity index (χ3v) is 9.93. The maximum absolute atomic E-state index is 11.9. The Morgan fingerprint density at radius 1 is 0.969 bits per heavy atom. The molecule has 0 aliphatic heterocycles. The van der Waals surface area contributed by atoms with Crippen LogP contribution < -0.4 is 4.74 Å². The van der Waals surface area contributed by atoms with Crippen molar-refractivity contribution < 1.29 is 19.1 Å². The lowest BCUT2D eigenvalue weighted by molar-refractivity contribution is -0.157. The minimum absolute atomic E-state index is 0.0904. The van der Waals surface area contributed by atoms with Crippen molar-refractivity contribution in [1.29, 1.82) is 0 Å². The van der Waals surface area contributed by atoms with Crippen molar-refractivity contribution >= 4 is 11.9 Å². The fourth-order valence-corrected chi connectivity index (χ4v) is 8.67. The average molecular weight is 439 g/mol. The third kappa shape index (κ3) is 3.31. The smallest absolute Gasteiger partial charge is 0.308 e. The van der Waals surface area contributed by atoms with Crippen molar-refractivity contribution in [2.75, 3.05) is 0 Å². The predicted octanol–water partition coefficient (Wildman–Crippen LogP) is 5.91. The Hall–Kier alpha value is -1.84. The zero-order valence-electron chi connectivity index (χ0n) is 20.3. The molecule has 174 valence electrons. The van der Waals surface area contributed by atoms with Crippen molar-refractivity contribution in [3.05, 3.63) is 28.8 Å². The van der Waals surface area contributed by atoms with Crippen LogP contribution in [0, 0.1) is 36.0 Å². The molecule has 5 rings (SSSR count). The highest BCUT2D eigenvalue weighted by molar-refractivity contribution is 5.71. The van der Waals surface area contributed by atoms with Gasteiger partial charge in [-0.1, -0.05) is 19.9 Å². The molecule has 0 bridgehead atoms. The van der Waals surface area contributed by atoms with Gasteiger partial charge in [-0.05, 0) is 110 Å². The minimum atomic E-state index is -0.226. The second-order valence-electron chi connectivity index (χ2n) is 11.7. The summed E-state index contributed by atoms with van der Waals surface area (Å²) < 4.78 is 11.4. The van der Waals surface area contributed by atoms with Gasteiger partial charge in [0.15, 0.2) is 0 Å². The van der Waals surface area contributed by atoms with Crippen LogP contribution in [0.4, 0.5) is 0 Å². The molecule has 4 aliphatic carbocycles. The number of hydrogen-bond donors (Lipinski definition) is 0. The Morgan fingerprint density at radius 3 is 2.47 bits per heavy atom. The molecule has 3 fully saturated rings. The second-order valence-corrected chi connectivity index (χ2v) is 11.7. The molecule has 0 heterocycles. The first kappa shape index (κ1) is 22.0. The number of aryl methyl sites for hydroxylation is 1. The molecule has 7 atom stereocenters. The number of rotatable bonds is 2. The molecule has 4 heteroatoms. The van der Waals surface area contributed by atoms with E-state index in [4.69, 9.17) is 9.47 Å². The fraction of sp³-hybridized carbons (Fsp3) is 0.714. The minimum Gasteiger partial charge on any atom is -0.463 e. The summed E-state index contributed by atoms with van der Waals surface area (Å²) in [5.74, 6) is 3.19. The van der Waals surface area contributed by atoms with Crippen LogP contribution in [0.25, 0.3) is 0 Å². The van der Waals surface area contributed by atoms with E-state index in [9.17, 15) is 9.59 Å². The lowest BCUT2D eigenvalue weighted by Gasteiger charge is -2.60. The summed E-state index contributed by atoms with van der Waals surface area (Å²) >= 11 is 0. The van der Waals surface area contributed by atoms with Crippen LogP contribution >= 0.6 is 0 Å². The van der Waals surface area contributed by atoms with Crippen LogP contribution in [0.2, 0.25) is 0 Å². The normalized spacial score (nSPS) is 39.8. The van der Waals surface area contributed by atoms with Gasteiger partial charge in [-0.25, -0.2) is 0 Å². The summed E-state index contributed by atoms with van der Waals surface area (Å²) in [6, 6.07) is 4.40. The van der Waals surface area contributed by atoms with Gasteiger partial charge in [-0.15, -0.1) is 0 Å². The topological polar surface area (TPSA) is 52.6 Å². The molecular weight excluding hydrogens is 400 g/mol. The van der Waals surface area contributed by atoms with Gasteiger partial charge in [0.2, 0.25) is 0 Å². The quantitative estimate of drug-likeness (QED) is 0.426. The zero-order chi connectivity index (χ0) is 22.8. The van der Waals surface area contributed by atoms with Gasteiger partial charge in [0.05, 0.1) is 0 Å². The van der Waals surface area contributed by atoms with Gasteiger partial charge in [-0.2, -0.15) is 0 Å². The molecule has 0 saturated heterocycles. The van der Waals surface area contributed by atoms with E-state index in [0.717, 1.165) is 36.8 Å². The number of esters is 2. The van der Waals surface area contributed by atoms with Crippen LogP contribution in [0.5, 0.6) is 5.75 Å². The van der Waals surface area contributed by atoms with Gasteiger partial charge in [0.1, 0.15) is 11.9 Å². The van der Waals surface area contributed by atoms with E-state index in [2.05, 4.69) is 32.9 Å². The van der Waals surface area contributed by atoms with Crippen molar-refractivity contribution in [2.24, 2.45) is 29.1 Å². The van der Waals surface area contributed by atoms with E-state index >= 15 is 0 Å². The molecule has 0 radical (unpaired) electrons. The highest BCUT2D eigenvalue weighted by Gasteiger charge is 2.60. The summed E-state index contributed by atoms with van der Waals surface area (Å²) in [6.07, 6.45) is 9.37. The third-order valence-electron chi connectivity index (χ3n) is 9.93. The molecule has 1 aromatic rings. The van der Waals surface area contributed by atoms with Gasteiger partial charge < -0.3 is 9.47 Å². The Labute approximate surface area is 192 Å². The van der Waals surface area contributed by atoms with Crippen molar-refractivity contribution in [2.45, 2.75) is 97.5 Å². The number of ether oxygens (including phenoxy) is 2. The molecule has 1 aromatic carbocycles. The molecule has 4 aliphatic rings. The zero-order valence-corrected chi connectivity index (χ0v) is 20.3. The Kier molecular flexibility index (Phi) is 5.22. The number of carbonyl (C=O) groups excluding carboxylic acids is 2. The Balaban J connectivity index is 1.44. The van der Waals surface area contributed by atoms with E-state index in [1.807, 2.05) is 0 Å². The first-order chi connectivity index (χ1) is 15.1. The van der Waals surface area contributed by atoms with E-state index < -0.39 is 0 Å². The van der Waals surface area contributed by atoms with Crippen LogP contribution in [0.3, 0.4) is 0 Å². The number of carbonyl (C=O) groups is 2. The van der Waals surface area contributed by atoms with E-state index in [-0.39, 0.29) is 23.5 Å². The lowest BCUT2D eigenvalue weighted by atomic mass is 9.45. The maximum atomic E-state index is 11.9. The maximum Gasteiger partial charge on any atom is 0.308 e. The van der Waals surface area contributed by atoms with Crippen molar-refractivity contribution in [3.8, 4) is 5.75 Å². The highest BCUT2D eigenvalue weighted by atomic mass is 16.5. The monoisotopic (exact) mass is 438 g/mol. The van der Waals surface area contributed by atoms with Crippen molar-refractivity contribution in [1.82, 2.24) is 0 Å². The predicted molar refractivity (Wildman–Crippen MR) is 123 cm³/mol. The fourth-order valence-electron chi connectivity index (χ4n) is 8.67. The summed E-state index contributed by atoms with van der Waals surface area (Å²) in [5, 5.41) is 0. The molecule has 7 unspecified atom stereocenters. The van der Waals surface area contributed by atoms with Gasteiger partial charge in [-0.3, -0.25) is 9.59 Å². The number of benzene rings is 1. The second kappa shape index (κ2) is 7.60. The Bertz CT molecular complexity index is 951. The summed E-state index contributed by atoms with van der Waals surface area (Å²) in [5.41, 5.74) is 4.34. The standard InChI is InChI=1S/C28H38O4/c1-16-12-19-14-24-22-7-6-20-15-21(31-17(2)29)8-10-27(20,4)23(22)9-11-28(24,5)26(19)25(13-16)32-18(3)30/h12-13,20-24H,6-11,14-15H2,1-5H3. The van der Waals surface area contributed by atoms with Crippen LogP contribution in [0.1, 0.15) is 89.3 Å². The summed E-state index contributed by atoms with van der Waals surface area (Å²) in [7, 11) is 0. The number of fused-ring (bicyclic) bond motifs is 7. The molecule has 0 N–H and O–H groups in total. The molecule has 3 saturated carbocycles. The van der Waals surface area contributed by atoms with Gasteiger partial charge >= 0.3 is 11.9 Å². The Morgan fingerprint density at radius 2 is 1.75 bits per heavy atom. The van der Waals surface area contributed by atoms with E-state index in [0.29, 0.717) is 17.3 Å². The van der Waals surface area contributed by atoms with Crippen LogP contribution in [-0.2, 0) is 26.2 Å². The highest BCUT2D eigenvalue weighted by Crippen LogP contribution is 2.66. The van der Waals surface area contributed by atoms with Gasteiger partial charge in [0.25, 0.3) is 0 Å². The molecule has 32 heavy (non-hydrogen) atoms. The molecular formula is C28H38O4. The lowest BCUT2D eigenvalue weighted by Crippen LogP contribution is -2.54. The molecule has 0 spiro atoms.